The van der Waals surface area contributed by atoms with E-state index in [-0.39, 0.29) is 23.7 Å². The molecule has 6 heteroatoms. The van der Waals surface area contributed by atoms with Gasteiger partial charge in [-0.1, -0.05) is 13.8 Å². The normalized spacial score (nSPS) is 17.9. The van der Waals surface area contributed by atoms with Crippen molar-refractivity contribution in [2.75, 3.05) is 13.1 Å². The Labute approximate surface area is 141 Å². The summed E-state index contributed by atoms with van der Waals surface area (Å²) in [6.07, 6.45) is 3.66. The van der Waals surface area contributed by atoms with Gasteiger partial charge in [-0.05, 0) is 49.6 Å². The minimum absolute atomic E-state index is 0.0965. The van der Waals surface area contributed by atoms with Gasteiger partial charge < -0.3 is 10.6 Å². The van der Waals surface area contributed by atoms with Gasteiger partial charge in [-0.3, -0.25) is 4.79 Å². The van der Waals surface area contributed by atoms with E-state index in [1.165, 1.54) is 12.1 Å². The van der Waals surface area contributed by atoms with Crippen molar-refractivity contribution < 1.29 is 9.18 Å². The van der Waals surface area contributed by atoms with Crippen LogP contribution in [0.5, 0.6) is 0 Å². The molecule has 1 fully saturated rings. The molecule has 1 aliphatic heterocycles. The number of hydrogen-bond donors (Lipinski definition) is 2. The number of piperidine rings is 1. The first-order chi connectivity index (χ1) is 11.6. The largest absolute Gasteiger partial charge is 0.348 e. The summed E-state index contributed by atoms with van der Waals surface area (Å²) >= 11 is 0. The molecule has 0 radical (unpaired) electrons. The second-order valence-electron chi connectivity index (χ2n) is 6.50. The Morgan fingerprint density at radius 2 is 2.12 bits per heavy atom. The van der Waals surface area contributed by atoms with Crippen LogP contribution < -0.4 is 10.6 Å². The molecule has 0 bridgehead atoms. The zero-order valence-electron chi connectivity index (χ0n) is 14.1. The highest BCUT2D eigenvalue weighted by Crippen LogP contribution is 2.23. The van der Waals surface area contributed by atoms with Gasteiger partial charge in [0.2, 0.25) is 0 Å². The Bertz CT molecular complexity index is 702. The summed E-state index contributed by atoms with van der Waals surface area (Å²) in [6.45, 7) is 5.85. The van der Waals surface area contributed by atoms with Crippen molar-refractivity contribution in [3.8, 4) is 5.69 Å². The van der Waals surface area contributed by atoms with Gasteiger partial charge in [0.05, 0.1) is 23.1 Å². The third-order valence-corrected chi connectivity index (χ3v) is 4.30. The van der Waals surface area contributed by atoms with Crippen molar-refractivity contribution in [1.82, 2.24) is 20.4 Å². The highest BCUT2D eigenvalue weighted by Gasteiger charge is 2.23. The Morgan fingerprint density at radius 3 is 2.75 bits per heavy atom. The fraction of sp³-hybridized carbons (Fsp3) is 0.444. The van der Waals surface area contributed by atoms with Gasteiger partial charge in [0, 0.05) is 12.6 Å². The van der Waals surface area contributed by atoms with Crippen LogP contribution in [0.2, 0.25) is 0 Å². The molecular formula is C18H23FN4O. The van der Waals surface area contributed by atoms with Gasteiger partial charge in [-0.15, -0.1) is 0 Å². The Balaban J connectivity index is 1.88. The Hall–Kier alpha value is -2.21. The zero-order chi connectivity index (χ0) is 17.1. The number of nitrogens with one attached hydrogen (secondary N) is 2. The molecule has 0 saturated carbocycles. The van der Waals surface area contributed by atoms with Crippen LogP contribution >= 0.6 is 0 Å². The molecule has 2 aromatic rings. The lowest BCUT2D eigenvalue weighted by Gasteiger charge is -2.24. The number of benzene rings is 1. The quantitative estimate of drug-likeness (QED) is 0.906. The maximum Gasteiger partial charge on any atom is 0.255 e. The van der Waals surface area contributed by atoms with Gasteiger partial charge in [-0.2, -0.15) is 5.10 Å². The predicted molar refractivity (Wildman–Crippen MR) is 91.0 cm³/mol. The summed E-state index contributed by atoms with van der Waals surface area (Å²) in [7, 11) is 0. The molecule has 2 heterocycles. The molecule has 5 nitrogen and oxygen atoms in total. The van der Waals surface area contributed by atoms with E-state index >= 15 is 0 Å². The number of rotatable bonds is 4. The van der Waals surface area contributed by atoms with Crippen molar-refractivity contribution >= 4 is 5.91 Å². The molecule has 1 saturated heterocycles. The van der Waals surface area contributed by atoms with E-state index in [1.54, 1.807) is 23.0 Å². The van der Waals surface area contributed by atoms with E-state index in [0.29, 0.717) is 5.56 Å². The molecule has 2 N–H and O–H groups in total. The van der Waals surface area contributed by atoms with Gasteiger partial charge in [0.15, 0.2) is 0 Å². The van der Waals surface area contributed by atoms with Gasteiger partial charge in [-0.25, -0.2) is 9.07 Å². The van der Waals surface area contributed by atoms with Crippen molar-refractivity contribution in [2.45, 2.75) is 38.6 Å². The Kier molecular flexibility index (Phi) is 4.94. The fourth-order valence-corrected chi connectivity index (χ4v) is 3.11. The monoisotopic (exact) mass is 330 g/mol. The minimum atomic E-state index is -0.292. The van der Waals surface area contributed by atoms with Crippen LogP contribution in [-0.4, -0.2) is 34.8 Å². The number of carbonyl (C=O) groups excluding carboxylic acids is 1. The number of aromatic nitrogens is 2. The summed E-state index contributed by atoms with van der Waals surface area (Å²) in [5.41, 5.74) is 2.17. The number of carbonyl (C=O) groups is 1. The van der Waals surface area contributed by atoms with Crippen LogP contribution in [0.15, 0.2) is 30.5 Å². The van der Waals surface area contributed by atoms with E-state index in [2.05, 4.69) is 15.7 Å². The third kappa shape index (κ3) is 3.48. The van der Waals surface area contributed by atoms with Gasteiger partial charge in [0.1, 0.15) is 5.82 Å². The lowest BCUT2D eigenvalue weighted by molar-refractivity contribution is 0.0929. The molecular weight excluding hydrogens is 307 g/mol. The van der Waals surface area contributed by atoms with E-state index in [4.69, 9.17) is 0 Å². The second-order valence-corrected chi connectivity index (χ2v) is 6.50. The van der Waals surface area contributed by atoms with Crippen LogP contribution in [0, 0.1) is 5.82 Å². The average molecular weight is 330 g/mol. The Morgan fingerprint density at radius 1 is 1.38 bits per heavy atom. The van der Waals surface area contributed by atoms with Crippen molar-refractivity contribution in [2.24, 2.45) is 0 Å². The van der Waals surface area contributed by atoms with E-state index in [9.17, 15) is 9.18 Å². The number of hydrogen-bond acceptors (Lipinski definition) is 3. The number of halogens is 1. The smallest absolute Gasteiger partial charge is 0.255 e. The summed E-state index contributed by atoms with van der Waals surface area (Å²) in [5.74, 6) is -0.275. The average Bonchev–Trinajstić information content (AvgIpc) is 3.02. The summed E-state index contributed by atoms with van der Waals surface area (Å²) in [5, 5.41) is 10.8. The first kappa shape index (κ1) is 16.6. The van der Waals surface area contributed by atoms with E-state index < -0.39 is 0 Å². The highest BCUT2D eigenvalue weighted by molar-refractivity contribution is 5.95. The zero-order valence-corrected chi connectivity index (χ0v) is 14.1. The lowest BCUT2D eigenvalue weighted by Crippen LogP contribution is -2.45. The summed E-state index contributed by atoms with van der Waals surface area (Å²) in [4.78, 5) is 12.7. The fourth-order valence-electron chi connectivity index (χ4n) is 3.11. The molecule has 1 amide bonds. The lowest BCUT2D eigenvalue weighted by atomic mass is 10.0. The second kappa shape index (κ2) is 7.13. The molecule has 0 aliphatic carbocycles. The molecule has 1 aliphatic rings. The van der Waals surface area contributed by atoms with Crippen molar-refractivity contribution in [1.29, 1.82) is 0 Å². The van der Waals surface area contributed by atoms with Gasteiger partial charge in [0.25, 0.3) is 5.91 Å². The predicted octanol–water partition coefficient (Wildman–Crippen LogP) is 2.62. The van der Waals surface area contributed by atoms with Crippen LogP contribution in [0.3, 0.4) is 0 Å². The molecule has 1 atom stereocenters. The van der Waals surface area contributed by atoms with Crippen LogP contribution in [0.1, 0.15) is 48.7 Å². The van der Waals surface area contributed by atoms with Gasteiger partial charge >= 0.3 is 0 Å². The maximum absolute atomic E-state index is 13.2. The molecule has 0 unspecified atom stereocenters. The summed E-state index contributed by atoms with van der Waals surface area (Å²) < 4.78 is 14.9. The van der Waals surface area contributed by atoms with Crippen LogP contribution in [0.25, 0.3) is 5.69 Å². The molecule has 1 aromatic heterocycles. The standard InChI is InChI=1S/C18H23FN4O/c1-12(2)17-16(18(24)22-14-4-3-9-20-10-14)11-21-23(17)15-7-5-13(19)6-8-15/h5-8,11-12,14,20H,3-4,9-10H2,1-2H3,(H,22,24)/t14-/m0/s1. The molecule has 3 rings (SSSR count). The van der Waals surface area contributed by atoms with Crippen LogP contribution in [-0.2, 0) is 0 Å². The highest BCUT2D eigenvalue weighted by atomic mass is 19.1. The first-order valence-electron chi connectivity index (χ1n) is 8.41. The first-order valence-corrected chi connectivity index (χ1v) is 8.41. The van der Waals surface area contributed by atoms with Crippen molar-refractivity contribution in [3.05, 3.63) is 47.5 Å². The maximum atomic E-state index is 13.2. The third-order valence-electron chi connectivity index (χ3n) is 4.30. The number of amides is 1. The topological polar surface area (TPSA) is 59.0 Å². The van der Waals surface area contributed by atoms with Crippen LogP contribution in [0.4, 0.5) is 4.39 Å². The molecule has 24 heavy (non-hydrogen) atoms. The van der Waals surface area contributed by atoms with Crippen molar-refractivity contribution in [3.63, 3.8) is 0 Å². The molecule has 1 aromatic carbocycles. The van der Waals surface area contributed by atoms with E-state index in [0.717, 1.165) is 37.3 Å². The molecule has 0 spiro atoms. The SMILES string of the molecule is CC(C)c1c(C(=O)N[C@H]2CCCNC2)cnn1-c1ccc(F)cc1. The molecule has 128 valence electrons. The summed E-state index contributed by atoms with van der Waals surface area (Å²) in [6, 6.07) is 6.28. The minimum Gasteiger partial charge on any atom is -0.348 e. The van der Waals surface area contributed by atoms with E-state index in [1.807, 2.05) is 13.8 Å². The number of nitrogens with zero attached hydrogens (tertiary/aromatic N) is 2.